The molecule has 0 aromatic rings. The molecule has 0 aliphatic carbocycles. The maximum absolute atomic E-state index is 11.2. The molecule has 0 fully saturated rings. The lowest BCUT2D eigenvalue weighted by Gasteiger charge is -2.10. The predicted molar refractivity (Wildman–Crippen MR) is 67.6 cm³/mol. The molecule has 1 amide bonds. The summed E-state index contributed by atoms with van der Waals surface area (Å²) in [6.45, 7) is 8.55. The van der Waals surface area contributed by atoms with Crippen LogP contribution in [0.5, 0.6) is 0 Å². The van der Waals surface area contributed by atoms with E-state index >= 15 is 0 Å². The number of carbonyl (C=O) groups is 1. The summed E-state index contributed by atoms with van der Waals surface area (Å²) in [5, 5.41) is 8.98. The van der Waals surface area contributed by atoms with Gasteiger partial charge in [0.1, 0.15) is 6.54 Å². The highest BCUT2D eigenvalue weighted by atomic mass is 16.1. The van der Waals surface area contributed by atoms with E-state index in [2.05, 4.69) is 27.9 Å². The second kappa shape index (κ2) is 10.3. The first-order valence-electron chi connectivity index (χ1n) is 6.03. The molecule has 0 spiro atoms. The zero-order chi connectivity index (χ0) is 12.2. The van der Waals surface area contributed by atoms with Gasteiger partial charge in [-0.1, -0.05) is 13.3 Å². The molecule has 0 aromatic carbocycles. The summed E-state index contributed by atoms with van der Waals surface area (Å²) in [5.74, 6) is 0.664. The number of unbranched alkanes of at least 4 members (excludes halogenated alkanes) is 1. The van der Waals surface area contributed by atoms with Gasteiger partial charge in [0.15, 0.2) is 5.96 Å². The van der Waals surface area contributed by atoms with Crippen molar-refractivity contribution in [2.24, 2.45) is 4.99 Å². The number of carbonyl (C=O) groups excluding carboxylic acids is 1. The van der Waals surface area contributed by atoms with E-state index in [1.54, 1.807) is 0 Å². The molecule has 0 unspecified atom stereocenters. The van der Waals surface area contributed by atoms with Crippen molar-refractivity contribution in [3.05, 3.63) is 0 Å². The first-order chi connectivity index (χ1) is 7.74. The topological polar surface area (TPSA) is 65.5 Å². The van der Waals surface area contributed by atoms with Gasteiger partial charge in [-0.3, -0.25) is 4.79 Å². The van der Waals surface area contributed by atoms with Crippen LogP contribution in [0.4, 0.5) is 0 Å². The van der Waals surface area contributed by atoms with E-state index < -0.39 is 0 Å². The van der Waals surface area contributed by atoms with Crippen molar-refractivity contribution in [3.8, 4) is 0 Å². The van der Waals surface area contributed by atoms with Gasteiger partial charge in [0, 0.05) is 19.6 Å². The highest BCUT2D eigenvalue weighted by Gasteiger charge is 1.99. The minimum absolute atomic E-state index is 0.0461. The van der Waals surface area contributed by atoms with Crippen molar-refractivity contribution in [1.29, 1.82) is 0 Å². The number of hydrogen-bond donors (Lipinski definition) is 3. The van der Waals surface area contributed by atoms with E-state index in [9.17, 15) is 4.79 Å². The predicted octanol–water partition coefficient (Wildman–Crippen LogP) is 0.478. The van der Waals surface area contributed by atoms with Gasteiger partial charge in [-0.15, -0.1) is 0 Å². The number of amides is 1. The number of nitrogens with one attached hydrogen (secondary N) is 3. The smallest absolute Gasteiger partial charge is 0.241 e. The average molecular weight is 228 g/mol. The Balaban J connectivity index is 3.96. The highest BCUT2D eigenvalue weighted by molar-refractivity contribution is 5.84. The quantitative estimate of drug-likeness (QED) is 0.337. The van der Waals surface area contributed by atoms with Crippen molar-refractivity contribution in [1.82, 2.24) is 16.0 Å². The average Bonchev–Trinajstić information content (AvgIpc) is 2.26. The van der Waals surface area contributed by atoms with Crippen LogP contribution in [0, 0.1) is 0 Å². The van der Waals surface area contributed by atoms with Crippen LogP contribution in [0.1, 0.15) is 33.6 Å². The molecule has 0 heterocycles. The molecule has 0 aromatic heterocycles. The second-order valence-electron chi connectivity index (χ2n) is 3.43. The van der Waals surface area contributed by atoms with Gasteiger partial charge in [-0.2, -0.15) is 0 Å². The summed E-state index contributed by atoms with van der Waals surface area (Å²) < 4.78 is 0. The lowest BCUT2D eigenvalue weighted by molar-refractivity contribution is -0.119. The summed E-state index contributed by atoms with van der Waals surface area (Å²) in [6, 6.07) is 0. The van der Waals surface area contributed by atoms with Crippen LogP contribution < -0.4 is 16.0 Å². The maximum atomic E-state index is 11.2. The number of nitrogens with zero attached hydrogens (tertiary/aromatic N) is 1. The van der Waals surface area contributed by atoms with Gasteiger partial charge in [0.25, 0.3) is 0 Å². The molecular formula is C11H24N4O. The molecule has 3 N–H and O–H groups in total. The van der Waals surface area contributed by atoms with Crippen LogP contribution in [0.15, 0.2) is 4.99 Å². The third kappa shape index (κ3) is 8.08. The molecule has 0 aliphatic heterocycles. The minimum atomic E-state index is -0.0461. The van der Waals surface area contributed by atoms with Gasteiger partial charge in [0.2, 0.25) is 5.91 Å². The molecular weight excluding hydrogens is 204 g/mol. The fourth-order valence-corrected chi connectivity index (χ4v) is 1.13. The summed E-state index contributed by atoms with van der Waals surface area (Å²) >= 11 is 0. The Kier molecular flexibility index (Phi) is 9.46. The lowest BCUT2D eigenvalue weighted by atomic mass is 10.3. The summed E-state index contributed by atoms with van der Waals surface area (Å²) in [6.07, 6.45) is 2.24. The number of likely N-dealkylation sites (N-methyl/N-ethyl adjacent to an activating group) is 1. The van der Waals surface area contributed by atoms with E-state index in [0.29, 0.717) is 12.5 Å². The van der Waals surface area contributed by atoms with Crippen LogP contribution >= 0.6 is 0 Å². The van der Waals surface area contributed by atoms with Crippen LogP contribution in [0.2, 0.25) is 0 Å². The molecule has 0 radical (unpaired) electrons. The number of hydrogen-bond acceptors (Lipinski definition) is 2. The zero-order valence-corrected chi connectivity index (χ0v) is 10.6. The van der Waals surface area contributed by atoms with Crippen LogP contribution in [-0.4, -0.2) is 38.0 Å². The van der Waals surface area contributed by atoms with Crippen molar-refractivity contribution >= 4 is 11.9 Å². The minimum Gasteiger partial charge on any atom is -0.357 e. The van der Waals surface area contributed by atoms with Crippen molar-refractivity contribution in [3.63, 3.8) is 0 Å². The van der Waals surface area contributed by atoms with E-state index in [1.807, 2.05) is 13.8 Å². The van der Waals surface area contributed by atoms with E-state index in [1.165, 1.54) is 0 Å². The molecule has 0 bridgehead atoms. The molecule has 0 saturated heterocycles. The first-order valence-corrected chi connectivity index (χ1v) is 6.03. The molecule has 94 valence electrons. The summed E-state index contributed by atoms with van der Waals surface area (Å²) in [5.41, 5.74) is 0. The lowest BCUT2D eigenvalue weighted by Crippen LogP contribution is -2.38. The molecule has 0 aliphatic rings. The normalized spacial score (nSPS) is 11.1. The Bertz CT molecular complexity index is 216. The second-order valence-corrected chi connectivity index (χ2v) is 3.43. The third-order valence-corrected chi connectivity index (χ3v) is 1.92. The van der Waals surface area contributed by atoms with Gasteiger partial charge >= 0.3 is 0 Å². The summed E-state index contributed by atoms with van der Waals surface area (Å²) in [4.78, 5) is 15.4. The third-order valence-electron chi connectivity index (χ3n) is 1.92. The van der Waals surface area contributed by atoms with Gasteiger partial charge in [-0.05, 0) is 20.3 Å². The van der Waals surface area contributed by atoms with E-state index in [0.717, 1.165) is 25.9 Å². The van der Waals surface area contributed by atoms with Crippen LogP contribution in [0.3, 0.4) is 0 Å². The van der Waals surface area contributed by atoms with Gasteiger partial charge in [0.05, 0.1) is 0 Å². The van der Waals surface area contributed by atoms with Crippen molar-refractivity contribution in [2.75, 3.05) is 26.2 Å². The van der Waals surface area contributed by atoms with Gasteiger partial charge < -0.3 is 16.0 Å². The zero-order valence-electron chi connectivity index (χ0n) is 10.6. The largest absolute Gasteiger partial charge is 0.357 e. The Labute approximate surface area is 98.1 Å². The van der Waals surface area contributed by atoms with Gasteiger partial charge in [-0.25, -0.2) is 4.99 Å². The molecule has 16 heavy (non-hydrogen) atoms. The number of rotatable bonds is 7. The Morgan fingerprint density at radius 3 is 2.31 bits per heavy atom. The molecule has 0 atom stereocenters. The van der Waals surface area contributed by atoms with Crippen LogP contribution in [-0.2, 0) is 4.79 Å². The SMILES string of the molecule is CCCCNC(=NCC(=O)NCC)NCC. The summed E-state index contributed by atoms with van der Waals surface area (Å²) in [7, 11) is 0. The number of aliphatic imine (C=N–C) groups is 1. The maximum Gasteiger partial charge on any atom is 0.241 e. The monoisotopic (exact) mass is 228 g/mol. The molecule has 5 nitrogen and oxygen atoms in total. The standard InChI is InChI=1S/C11H24N4O/c1-4-7-8-14-11(13-6-3)15-9-10(16)12-5-2/h4-9H2,1-3H3,(H,12,16)(H2,13,14,15). The molecule has 0 rings (SSSR count). The van der Waals surface area contributed by atoms with E-state index in [-0.39, 0.29) is 12.5 Å². The fraction of sp³-hybridized carbons (Fsp3) is 0.818. The Morgan fingerprint density at radius 2 is 1.75 bits per heavy atom. The van der Waals surface area contributed by atoms with Crippen molar-refractivity contribution < 1.29 is 4.79 Å². The first kappa shape index (κ1) is 14.7. The van der Waals surface area contributed by atoms with Crippen molar-refractivity contribution in [2.45, 2.75) is 33.6 Å². The number of guanidine groups is 1. The Morgan fingerprint density at radius 1 is 1.06 bits per heavy atom. The highest BCUT2D eigenvalue weighted by Crippen LogP contribution is 1.83. The van der Waals surface area contributed by atoms with E-state index in [4.69, 9.17) is 0 Å². The molecule has 5 heteroatoms. The molecule has 0 saturated carbocycles. The fourth-order valence-electron chi connectivity index (χ4n) is 1.13. The Hall–Kier alpha value is -1.26. The van der Waals surface area contributed by atoms with Crippen LogP contribution in [0.25, 0.3) is 0 Å².